The summed E-state index contributed by atoms with van der Waals surface area (Å²) in [6.45, 7) is 29.2. The molecule has 0 aliphatic carbocycles. The molecule has 0 saturated carbocycles. The van der Waals surface area contributed by atoms with Crippen LogP contribution in [-0.2, 0) is 32.6 Å². The number of nitrogens with zero attached hydrogens (tertiary/aromatic N) is 10. The highest BCUT2D eigenvalue weighted by molar-refractivity contribution is 5.66. The number of hydrogen-bond donors (Lipinski definition) is 7. The van der Waals surface area contributed by atoms with Crippen molar-refractivity contribution in [1.29, 1.82) is 5.26 Å². The van der Waals surface area contributed by atoms with Crippen LogP contribution >= 0.6 is 0 Å². The molecular weight excluding hydrogens is 1270 g/mol. The zero-order chi connectivity index (χ0) is 73.6. The zero-order valence-electron chi connectivity index (χ0n) is 63.8. The molecule has 102 heavy (non-hydrogen) atoms. The Kier molecular flexibility index (Phi) is 36.5. The predicted molar refractivity (Wildman–Crippen MR) is 418 cm³/mol. The number of likely N-dealkylation sites (N-methyl/N-ethyl adjacent to an activating group) is 1. The van der Waals surface area contributed by atoms with Gasteiger partial charge >= 0.3 is 0 Å². The van der Waals surface area contributed by atoms with E-state index in [4.69, 9.17) is 10.00 Å². The SMILES string of the molecule is CCCCN(C)CC1=CNNC1c1cccc(O)c1.CCCCN(C)Cc1cn[nH]c1-c1cc(C)cc(F)c1.CCCCN(C)Cc1cn[nH]c1-c1ccc(C#N)cc1.CCCCN(C)Cc1cn[nH]c1-c1ccc(CCC)cc1.CCCCN(C)Cc1cn[nH]c1-c1ccc(OC(C)C)cc1. The minimum Gasteiger partial charge on any atom is -0.508 e. The van der Waals surface area contributed by atoms with E-state index in [1.807, 2.05) is 112 Å². The van der Waals surface area contributed by atoms with Crippen LogP contribution in [0.25, 0.3) is 45.0 Å². The van der Waals surface area contributed by atoms with E-state index in [1.165, 1.54) is 110 Å². The summed E-state index contributed by atoms with van der Waals surface area (Å²) in [5, 5.41) is 47.5. The number of nitriles is 1. The number of nitrogens with one attached hydrogen (secondary N) is 6. The highest BCUT2D eigenvalue weighted by Crippen LogP contribution is 2.30. The molecule has 5 aromatic carbocycles. The van der Waals surface area contributed by atoms with Gasteiger partial charge in [-0.1, -0.05) is 129 Å². The number of ether oxygens (including phenoxy) is 1. The number of halogens is 1. The van der Waals surface area contributed by atoms with Crippen molar-refractivity contribution < 1.29 is 14.2 Å². The van der Waals surface area contributed by atoms with Crippen molar-refractivity contribution in [3.05, 3.63) is 202 Å². The molecule has 0 radical (unpaired) electrons. The van der Waals surface area contributed by atoms with Crippen molar-refractivity contribution in [3.8, 4) is 62.6 Å². The third-order valence-electron chi connectivity index (χ3n) is 17.5. The molecule has 0 fully saturated rings. The predicted octanol–water partition coefficient (Wildman–Crippen LogP) is 17.5. The molecule has 0 spiro atoms. The van der Waals surface area contributed by atoms with Crippen LogP contribution in [0, 0.1) is 24.1 Å². The minimum absolute atomic E-state index is 0.135. The van der Waals surface area contributed by atoms with Gasteiger partial charge < -0.3 is 39.8 Å². The largest absolute Gasteiger partial charge is 0.508 e. The van der Waals surface area contributed by atoms with Gasteiger partial charge in [0.15, 0.2) is 0 Å². The number of H-pyrrole nitrogens is 4. The summed E-state index contributed by atoms with van der Waals surface area (Å²) in [6, 6.07) is 39.4. The lowest BCUT2D eigenvalue weighted by atomic mass is 10.00. The topological polar surface area (TPSA) is 208 Å². The van der Waals surface area contributed by atoms with Crippen molar-refractivity contribution >= 4 is 0 Å². The van der Waals surface area contributed by atoms with Gasteiger partial charge in [0.25, 0.3) is 0 Å². The number of unbranched alkanes of at least 4 members (excludes halogenated alkanes) is 5. The van der Waals surface area contributed by atoms with Gasteiger partial charge in [-0.2, -0.15) is 25.7 Å². The lowest BCUT2D eigenvalue weighted by Gasteiger charge is -2.21. The van der Waals surface area contributed by atoms with Crippen LogP contribution in [0.15, 0.2) is 152 Å². The van der Waals surface area contributed by atoms with Crippen LogP contribution in [0.5, 0.6) is 11.5 Å². The lowest BCUT2D eigenvalue weighted by molar-refractivity contribution is 0.242. The van der Waals surface area contributed by atoms with Crippen molar-refractivity contribution in [1.82, 2.24) is 76.1 Å². The first-order chi connectivity index (χ1) is 49.4. The maximum Gasteiger partial charge on any atom is 0.124 e. The summed E-state index contributed by atoms with van der Waals surface area (Å²) >= 11 is 0. The molecule has 7 N–H and O–H groups in total. The number of aromatic hydroxyl groups is 1. The molecule has 0 saturated heterocycles. The molecule has 4 aromatic heterocycles. The van der Waals surface area contributed by atoms with Crippen molar-refractivity contribution in [3.63, 3.8) is 0 Å². The number of rotatable bonds is 34. The van der Waals surface area contributed by atoms with E-state index in [0.29, 0.717) is 11.3 Å². The van der Waals surface area contributed by atoms with Crippen LogP contribution in [0.2, 0.25) is 0 Å². The summed E-state index contributed by atoms with van der Waals surface area (Å²) < 4.78 is 19.2. The van der Waals surface area contributed by atoms with Gasteiger partial charge in [-0.15, -0.1) is 0 Å². The molecule has 9 aromatic rings. The fourth-order valence-corrected chi connectivity index (χ4v) is 12.0. The van der Waals surface area contributed by atoms with Gasteiger partial charge in [0.2, 0.25) is 0 Å². The molecule has 1 aliphatic rings. The van der Waals surface area contributed by atoms with E-state index in [-0.39, 0.29) is 18.0 Å². The van der Waals surface area contributed by atoms with E-state index in [9.17, 15) is 9.50 Å². The van der Waals surface area contributed by atoms with Gasteiger partial charge in [-0.25, -0.2) is 9.82 Å². The normalized spacial score (nSPS) is 12.5. The second-order valence-electron chi connectivity index (χ2n) is 27.4. The zero-order valence-corrected chi connectivity index (χ0v) is 63.8. The van der Waals surface area contributed by atoms with E-state index in [1.54, 1.807) is 12.1 Å². The Morgan fingerprint density at radius 2 is 0.902 bits per heavy atom. The van der Waals surface area contributed by atoms with Crippen molar-refractivity contribution in [2.75, 3.05) is 74.5 Å². The molecule has 18 nitrogen and oxygen atoms in total. The molecule has 1 unspecified atom stereocenters. The number of aromatic nitrogens is 8. The molecule has 0 amide bonds. The van der Waals surface area contributed by atoms with Gasteiger partial charge in [0.1, 0.15) is 17.3 Å². The van der Waals surface area contributed by atoms with Crippen LogP contribution in [0.4, 0.5) is 4.39 Å². The average Bonchev–Trinajstić information content (AvgIpc) is 1.61. The van der Waals surface area contributed by atoms with Crippen molar-refractivity contribution in [2.45, 2.75) is 178 Å². The Balaban J connectivity index is 0.000000201. The molecule has 0 bridgehead atoms. The Labute approximate surface area is 609 Å². The molecule has 10 rings (SSSR count). The second-order valence-corrected chi connectivity index (χ2v) is 27.4. The smallest absolute Gasteiger partial charge is 0.124 e. The summed E-state index contributed by atoms with van der Waals surface area (Å²) in [5.41, 5.74) is 25.0. The number of hydrogen-bond acceptors (Lipinski definition) is 14. The first-order valence-corrected chi connectivity index (χ1v) is 37.0. The number of benzene rings is 5. The maximum atomic E-state index is 13.5. The molecule has 550 valence electrons. The first kappa shape index (κ1) is 82.2. The third kappa shape index (κ3) is 28.2. The Morgan fingerprint density at radius 3 is 1.28 bits per heavy atom. The third-order valence-corrected chi connectivity index (χ3v) is 17.5. The Morgan fingerprint density at radius 1 is 0.500 bits per heavy atom. The van der Waals surface area contributed by atoms with E-state index in [2.05, 4.69) is 195 Å². The number of aryl methyl sites for hydroxylation is 2. The molecule has 1 atom stereocenters. The first-order valence-electron chi connectivity index (χ1n) is 37.0. The minimum atomic E-state index is -0.208. The summed E-state index contributed by atoms with van der Waals surface area (Å²) in [5.74, 6) is 1.00. The highest BCUT2D eigenvalue weighted by Gasteiger charge is 2.22. The van der Waals surface area contributed by atoms with E-state index in [0.717, 1.165) is 134 Å². The van der Waals surface area contributed by atoms with Crippen LogP contribution in [-0.4, -0.2) is 151 Å². The van der Waals surface area contributed by atoms with E-state index >= 15 is 0 Å². The van der Waals surface area contributed by atoms with Gasteiger partial charge in [-0.3, -0.25) is 20.4 Å². The molecule has 19 heteroatoms. The monoisotopic (exact) mass is 1390 g/mol. The Hall–Kier alpha value is -8.74. The standard InChI is InChI=1S/C18H27N3O.C18H27N3.C16H22FN3.C16H20N4.C15H23N3O/c1-5-6-11-21(4)13-16-12-19-20-18(16)15-7-9-17(10-8-15)22-14(2)3;1-4-6-12-21(3)14-17-13-19-20-18(17)16-10-8-15(7-5-2)9-11-16;1-4-5-6-20(3)11-14-10-18-19-16(14)13-7-12(2)8-15(17)9-13;1-3-4-9-20(2)12-15-11-18-19-16(15)14-7-5-13(10-17)6-8-14;1-3-4-8-18(2)11-13-10-16-17-15(13)12-6-5-7-14(19)9-12/h7-10,12,14H,5-6,11,13H2,1-4H3,(H,19,20);8-11,13H,4-7,12,14H2,1-3H3,(H,19,20);7-10H,4-6,11H2,1-3H3,(H,18,19);5-8,11H,3-4,9,12H2,1-2H3,(H,18,19);5-7,9-10,15-17,19H,3-4,8,11H2,1-2H3. The second kappa shape index (κ2) is 45.3. The van der Waals surface area contributed by atoms with Crippen LogP contribution < -0.4 is 15.6 Å². The van der Waals surface area contributed by atoms with Crippen LogP contribution in [0.3, 0.4) is 0 Å². The number of phenols is 1. The van der Waals surface area contributed by atoms with Crippen molar-refractivity contribution in [2.24, 2.45) is 0 Å². The number of phenolic OH excluding ortho intramolecular Hbond substituents is 1. The summed E-state index contributed by atoms with van der Waals surface area (Å²) in [7, 11) is 10.7. The molecule has 1 aliphatic heterocycles. The number of hydrazine groups is 1. The van der Waals surface area contributed by atoms with Gasteiger partial charge in [0.05, 0.1) is 71.3 Å². The average molecular weight is 1390 g/mol. The lowest BCUT2D eigenvalue weighted by Crippen LogP contribution is -2.28. The quantitative estimate of drug-likeness (QED) is 0.0200. The van der Waals surface area contributed by atoms with Crippen LogP contribution in [0.1, 0.15) is 177 Å². The Bertz CT molecular complexity index is 3810. The number of aromatic amines is 4. The fourth-order valence-electron chi connectivity index (χ4n) is 12.0. The fraction of sp³-hybridized carbons (Fsp3) is 0.458. The van der Waals surface area contributed by atoms with Gasteiger partial charge in [0, 0.05) is 72.3 Å². The summed E-state index contributed by atoms with van der Waals surface area (Å²) in [4.78, 5) is 11.6. The highest BCUT2D eigenvalue weighted by atomic mass is 19.1. The maximum absolute atomic E-state index is 13.5. The molecular formula is C83H119FN16O2. The molecule has 5 heterocycles. The summed E-state index contributed by atoms with van der Waals surface area (Å²) in [6.07, 6.45) is 24.3. The van der Waals surface area contributed by atoms with Gasteiger partial charge in [-0.05, 0) is 227 Å². The van der Waals surface area contributed by atoms with E-state index < -0.39 is 0 Å².